The van der Waals surface area contributed by atoms with E-state index >= 15 is 0 Å². The number of rotatable bonds is 9. The molecular formula is C13H26N4. The van der Waals surface area contributed by atoms with Crippen molar-refractivity contribution in [2.75, 3.05) is 0 Å². The SMILES string of the molecule is CCCCCCCC(NN)c1cnn(CC)c1. The van der Waals surface area contributed by atoms with Gasteiger partial charge >= 0.3 is 0 Å². The highest BCUT2D eigenvalue weighted by atomic mass is 15.3. The van der Waals surface area contributed by atoms with Gasteiger partial charge in [0.15, 0.2) is 0 Å². The van der Waals surface area contributed by atoms with Crippen LogP contribution in [0.25, 0.3) is 0 Å². The van der Waals surface area contributed by atoms with E-state index in [1.807, 2.05) is 10.9 Å². The Morgan fingerprint density at radius 3 is 2.65 bits per heavy atom. The quantitative estimate of drug-likeness (QED) is 0.395. The molecule has 1 aromatic rings. The summed E-state index contributed by atoms with van der Waals surface area (Å²) in [6.07, 6.45) is 11.6. The van der Waals surface area contributed by atoms with Crippen LogP contribution < -0.4 is 11.3 Å². The van der Waals surface area contributed by atoms with E-state index in [0.29, 0.717) is 0 Å². The first-order valence-electron chi connectivity index (χ1n) is 6.80. The Hall–Kier alpha value is -0.870. The van der Waals surface area contributed by atoms with Gasteiger partial charge in [0.1, 0.15) is 0 Å². The first-order chi connectivity index (χ1) is 8.31. The molecule has 0 aliphatic rings. The lowest BCUT2D eigenvalue weighted by atomic mass is 10.0. The number of aromatic nitrogens is 2. The lowest BCUT2D eigenvalue weighted by molar-refractivity contribution is 0.478. The topological polar surface area (TPSA) is 55.9 Å². The van der Waals surface area contributed by atoms with Crippen LogP contribution in [0, 0.1) is 0 Å². The van der Waals surface area contributed by atoms with Gasteiger partial charge in [-0.1, -0.05) is 39.0 Å². The first-order valence-corrected chi connectivity index (χ1v) is 6.80. The smallest absolute Gasteiger partial charge is 0.0538 e. The summed E-state index contributed by atoms with van der Waals surface area (Å²) in [6.45, 7) is 5.24. The summed E-state index contributed by atoms with van der Waals surface area (Å²) in [6, 6.07) is 0.247. The van der Waals surface area contributed by atoms with E-state index < -0.39 is 0 Å². The van der Waals surface area contributed by atoms with E-state index in [1.54, 1.807) is 0 Å². The monoisotopic (exact) mass is 238 g/mol. The lowest BCUT2D eigenvalue weighted by Gasteiger charge is -2.13. The molecule has 3 N–H and O–H groups in total. The Kier molecular flexibility index (Phi) is 6.89. The maximum absolute atomic E-state index is 5.61. The minimum absolute atomic E-state index is 0.247. The molecule has 0 saturated heterocycles. The summed E-state index contributed by atoms with van der Waals surface area (Å²) < 4.78 is 1.94. The number of unbranched alkanes of at least 4 members (excludes halogenated alkanes) is 4. The zero-order chi connectivity index (χ0) is 12.5. The lowest BCUT2D eigenvalue weighted by Crippen LogP contribution is -2.27. The van der Waals surface area contributed by atoms with Gasteiger partial charge in [0.05, 0.1) is 6.20 Å². The first kappa shape index (κ1) is 14.2. The second-order valence-electron chi connectivity index (χ2n) is 4.55. The Balaban J connectivity index is 2.32. The van der Waals surface area contributed by atoms with Crippen molar-refractivity contribution in [3.8, 4) is 0 Å². The number of nitrogens with two attached hydrogens (primary N) is 1. The molecule has 0 amide bonds. The Labute approximate surface area is 105 Å². The second kappa shape index (κ2) is 8.25. The van der Waals surface area contributed by atoms with Crippen molar-refractivity contribution in [2.24, 2.45) is 5.84 Å². The molecule has 0 fully saturated rings. The number of nitrogens with zero attached hydrogens (tertiary/aromatic N) is 2. The number of hydrazine groups is 1. The fourth-order valence-corrected chi connectivity index (χ4v) is 2.03. The fourth-order valence-electron chi connectivity index (χ4n) is 2.03. The van der Waals surface area contributed by atoms with E-state index in [0.717, 1.165) is 13.0 Å². The Morgan fingerprint density at radius 1 is 1.29 bits per heavy atom. The number of hydrogen-bond acceptors (Lipinski definition) is 3. The van der Waals surface area contributed by atoms with Gasteiger partial charge < -0.3 is 0 Å². The molecule has 0 spiro atoms. The summed E-state index contributed by atoms with van der Waals surface area (Å²) in [5.41, 5.74) is 4.09. The fraction of sp³-hybridized carbons (Fsp3) is 0.769. The molecule has 1 rings (SSSR count). The van der Waals surface area contributed by atoms with Crippen LogP contribution in [0.15, 0.2) is 12.4 Å². The molecule has 1 unspecified atom stereocenters. The molecule has 0 aliphatic heterocycles. The molecule has 0 radical (unpaired) electrons. The van der Waals surface area contributed by atoms with Crippen molar-refractivity contribution >= 4 is 0 Å². The van der Waals surface area contributed by atoms with E-state index in [1.165, 1.54) is 37.7 Å². The zero-order valence-electron chi connectivity index (χ0n) is 11.2. The Morgan fingerprint density at radius 2 is 2.06 bits per heavy atom. The van der Waals surface area contributed by atoms with Crippen LogP contribution in [0.4, 0.5) is 0 Å². The van der Waals surface area contributed by atoms with Gasteiger partial charge in [0.25, 0.3) is 0 Å². The molecule has 1 atom stereocenters. The van der Waals surface area contributed by atoms with Crippen molar-refractivity contribution in [3.05, 3.63) is 18.0 Å². The molecule has 17 heavy (non-hydrogen) atoms. The predicted molar refractivity (Wildman–Crippen MR) is 71.3 cm³/mol. The van der Waals surface area contributed by atoms with Crippen molar-refractivity contribution in [1.82, 2.24) is 15.2 Å². The summed E-state index contributed by atoms with van der Waals surface area (Å²) >= 11 is 0. The molecule has 4 nitrogen and oxygen atoms in total. The maximum atomic E-state index is 5.61. The third-order valence-electron chi connectivity index (χ3n) is 3.18. The normalized spacial score (nSPS) is 12.9. The van der Waals surface area contributed by atoms with Gasteiger partial charge in [-0.3, -0.25) is 16.0 Å². The van der Waals surface area contributed by atoms with Gasteiger partial charge in [-0.15, -0.1) is 0 Å². The molecule has 0 aliphatic carbocycles. The third kappa shape index (κ3) is 4.88. The third-order valence-corrected chi connectivity index (χ3v) is 3.18. The summed E-state index contributed by atoms with van der Waals surface area (Å²) in [5, 5.41) is 4.28. The molecule has 4 heteroatoms. The highest BCUT2D eigenvalue weighted by molar-refractivity contribution is 5.09. The maximum Gasteiger partial charge on any atom is 0.0538 e. The van der Waals surface area contributed by atoms with Crippen LogP contribution in [-0.4, -0.2) is 9.78 Å². The molecular weight excluding hydrogens is 212 g/mol. The van der Waals surface area contributed by atoms with Crippen molar-refractivity contribution in [3.63, 3.8) is 0 Å². The van der Waals surface area contributed by atoms with Crippen LogP contribution in [0.5, 0.6) is 0 Å². The standard InChI is InChI=1S/C13H26N4/c1-3-5-6-7-8-9-13(16-14)12-10-15-17(4-2)11-12/h10-11,13,16H,3-9,14H2,1-2H3. The average molecular weight is 238 g/mol. The van der Waals surface area contributed by atoms with Crippen molar-refractivity contribution in [1.29, 1.82) is 0 Å². The molecule has 0 aromatic carbocycles. The van der Waals surface area contributed by atoms with E-state index in [2.05, 4.69) is 30.6 Å². The van der Waals surface area contributed by atoms with Gasteiger partial charge in [-0.2, -0.15) is 5.10 Å². The highest BCUT2D eigenvalue weighted by Crippen LogP contribution is 2.19. The molecule has 1 aromatic heterocycles. The van der Waals surface area contributed by atoms with Gasteiger partial charge in [0.2, 0.25) is 0 Å². The largest absolute Gasteiger partial charge is 0.273 e. The molecule has 1 heterocycles. The summed E-state index contributed by atoms with van der Waals surface area (Å²) in [4.78, 5) is 0. The van der Waals surface area contributed by atoms with E-state index in [4.69, 9.17) is 5.84 Å². The van der Waals surface area contributed by atoms with E-state index in [-0.39, 0.29) is 6.04 Å². The van der Waals surface area contributed by atoms with Crippen molar-refractivity contribution < 1.29 is 0 Å². The number of nitrogens with one attached hydrogen (secondary N) is 1. The minimum Gasteiger partial charge on any atom is -0.273 e. The zero-order valence-corrected chi connectivity index (χ0v) is 11.2. The van der Waals surface area contributed by atoms with Crippen LogP contribution in [0.1, 0.15) is 64.0 Å². The highest BCUT2D eigenvalue weighted by Gasteiger charge is 2.11. The Bertz CT molecular complexity index is 295. The van der Waals surface area contributed by atoms with Gasteiger partial charge in [-0.25, -0.2) is 0 Å². The van der Waals surface area contributed by atoms with Crippen LogP contribution in [-0.2, 0) is 6.54 Å². The summed E-state index contributed by atoms with van der Waals surface area (Å²) in [7, 11) is 0. The molecule has 98 valence electrons. The number of aryl methyl sites for hydroxylation is 1. The van der Waals surface area contributed by atoms with Crippen LogP contribution >= 0.6 is 0 Å². The molecule has 0 bridgehead atoms. The predicted octanol–water partition coefficient (Wildman–Crippen LogP) is 2.77. The minimum atomic E-state index is 0.247. The van der Waals surface area contributed by atoms with Gasteiger partial charge in [-0.05, 0) is 13.3 Å². The van der Waals surface area contributed by atoms with E-state index in [9.17, 15) is 0 Å². The molecule has 0 saturated carbocycles. The average Bonchev–Trinajstić information content (AvgIpc) is 2.82. The van der Waals surface area contributed by atoms with Crippen molar-refractivity contribution in [2.45, 2.75) is 65.0 Å². The van der Waals surface area contributed by atoms with Crippen LogP contribution in [0.2, 0.25) is 0 Å². The van der Waals surface area contributed by atoms with Crippen LogP contribution in [0.3, 0.4) is 0 Å². The second-order valence-corrected chi connectivity index (χ2v) is 4.55. The summed E-state index contributed by atoms with van der Waals surface area (Å²) in [5.74, 6) is 5.61. The number of hydrogen-bond donors (Lipinski definition) is 2. The van der Waals surface area contributed by atoms with Gasteiger partial charge in [0, 0.05) is 24.3 Å².